The molecule has 1 atom stereocenters. The number of allylic oxidation sites excluding steroid dienone is 1. The molecule has 0 bridgehead atoms. The Hall–Kier alpha value is -3.63. The molecule has 1 aliphatic rings. The Morgan fingerprint density at radius 3 is 2.00 bits per heavy atom. The molecule has 49 heavy (non-hydrogen) atoms. The lowest BCUT2D eigenvalue weighted by Crippen LogP contribution is -2.25. The van der Waals surface area contributed by atoms with Crippen molar-refractivity contribution >= 4 is 59.9 Å². The minimum atomic E-state index is -4.49. The predicted molar refractivity (Wildman–Crippen MR) is 183 cm³/mol. The van der Waals surface area contributed by atoms with Gasteiger partial charge in [-0.25, -0.2) is 0 Å². The van der Waals surface area contributed by atoms with Crippen molar-refractivity contribution < 1.29 is 36.4 Å². The summed E-state index contributed by atoms with van der Waals surface area (Å²) in [5.41, 5.74) is 2.54. The normalized spacial score (nSPS) is 16.2. The molecule has 0 aliphatic carbocycles. The summed E-state index contributed by atoms with van der Waals surface area (Å²) in [6.07, 6.45) is -8.52. The molecule has 4 aromatic rings. The average molecular weight is 841 g/mol. The van der Waals surface area contributed by atoms with Crippen LogP contribution < -0.4 is 0 Å². The molecular formula is C32H31Br2ClF6N6O2. The molecule has 3 heterocycles. The average Bonchev–Trinajstić information content (AvgIpc) is 3.71. The Morgan fingerprint density at radius 2 is 1.53 bits per heavy atom. The van der Waals surface area contributed by atoms with E-state index in [1.807, 2.05) is 38.1 Å². The van der Waals surface area contributed by atoms with Gasteiger partial charge in [0, 0.05) is 40.6 Å². The van der Waals surface area contributed by atoms with E-state index in [1.54, 1.807) is 26.0 Å². The number of rotatable bonds is 4. The maximum atomic E-state index is 12.9. The van der Waals surface area contributed by atoms with Crippen LogP contribution in [0.25, 0.3) is 5.57 Å². The van der Waals surface area contributed by atoms with Crippen LogP contribution in [0.4, 0.5) is 26.3 Å². The van der Waals surface area contributed by atoms with Gasteiger partial charge in [-0.1, -0.05) is 84.6 Å². The van der Waals surface area contributed by atoms with Gasteiger partial charge in [0.25, 0.3) is 0 Å². The van der Waals surface area contributed by atoms with Crippen LogP contribution in [0.5, 0.6) is 0 Å². The summed E-state index contributed by atoms with van der Waals surface area (Å²) in [5.74, 6) is 0. The van der Waals surface area contributed by atoms with Crippen LogP contribution in [0.15, 0.2) is 74.4 Å². The molecule has 0 radical (unpaired) electrons. The van der Waals surface area contributed by atoms with Crippen molar-refractivity contribution in [3.8, 4) is 0 Å². The lowest BCUT2D eigenvalue weighted by molar-refractivity contribution is -0.141. The van der Waals surface area contributed by atoms with Gasteiger partial charge < -0.3 is 10.0 Å². The first-order valence-corrected chi connectivity index (χ1v) is 16.1. The van der Waals surface area contributed by atoms with Crippen LogP contribution in [0, 0.1) is 20.8 Å². The molecule has 1 aliphatic heterocycles. The summed E-state index contributed by atoms with van der Waals surface area (Å²) in [4.78, 5) is 5.51. The van der Waals surface area contributed by atoms with Gasteiger partial charge in [-0.3, -0.25) is 9.36 Å². The summed E-state index contributed by atoms with van der Waals surface area (Å²) in [6, 6.07) is 13.7. The zero-order valence-electron chi connectivity index (χ0n) is 27.0. The van der Waals surface area contributed by atoms with E-state index in [9.17, 15) is 26.3 Å². The van der Waals surface area contributed by atoms with Crippen molar-refractivity contribution in [3.05, 3.63) is 109 Å². The first-order valence-electron chi connectivity index (χ1n) is 14.1. The summed E-state index contributed by atoms with van der Waals surface area (Å²) in [7, 11) is 2.93. The van der Waals surface area contributed by atoms with Gasteiger partial charge in [0.05, 0.1) is 28.4 Å². The third-order valence-electron chi connectivity index (χ3n) is 7.23. The van der Waals surface area contributed by atoms with Crippen molar-refractivity contribution in [2.45, 2.75) is 52.1 Å². The zero-order valence-corrected chi connectivity index (χ0v) is 30.9. The van der Waals surface area contributed by atoms with Crippen LogP contribution in [-0.4, -0.2) is 41.8 Å². The fourth-order valence-corrected chi connectivity index (χ4v) is 5.40. The second kappa shape index (κ2) is 15.5. The van der Waals surface area contributed by atoms with Crippen molar-refractivity contribution in [2.75, 3.05) is 0 Å². The van der Waals surface area contributed by atoms with Crippen molar-refractivity contribution in [1.29, 1.82) is 0 Å². The Labute approximate surface area is 300 Å². The number of alkyl halides is 6. The molecule has 0 amide bonds. The third kappa shape index (κ3) is 9.97. The van der Waals surface area contributed by atoms with Crippen LogP contribution in [0.1, 0.15) is 58.4 Å². The van der Waals surface area contributed by atoms with E-state index in [0.717, 1.165) is 31.7 Å². The fraction of sp³-hybridized carbons (Fsp3) is 0.312. The molecule has 0 spiro atoms. The van der Waals surface area contributed by atoms with Gasteiger partial charge in [0.2, 0.25) is 0 Å². The highest BCUT2D eigenvalue weighted by molar-refractivity contribution is 9.10. The second-order valence-corrected chi connectivity index (χ2v) is 13.2. The van der Waals surface area contributed by atoms with Gasteiger partial charge in [-0.2, -0.15) is 36.5 Å². The lowest BCUT2D eigenvalue weighted by Gasteiger charge is -2.21. The van der Waals surface area contributed by atoms with Gasteiger partial charge in [-0.05, 0) is 63.1 Å². The molecule has 0 saturated heterocycles. The number of oxime groups is 2. The molecule has 1 N–H and O–H groups in total. The van der Waals surface area contributed by atoms with E-state index < -0.39 is 29.2 Å². The lowest BCUT2D eigenvalue weighted by atomic mass is 9.92. The topological polar surface area (TPSA) is 89.8 Å². The molecule has 5 rings (SSSR count). The number of benzene rings is 2. The highest BCUT2D eigenvalue weighted by Gasteiger charge is 2.43. The number of aryl methyl sites for hydroxylation is 5. The van der Waals surface area contributed by atoms with E-state index in [-0.39, 0.29) is 10.9 Å². The molecule has 0 fully saturated rings. The summed E-state index contributed by atoms with van der Waals surface area (Å²) < 4.78 is 79.4. The zero-order chi connectivity index (χ0) is 37.1. The fourth-order valence-electron chi connectivity index (χ4n) is 4.52. The highest BCUT2D eigenvalue weighted by atomic mass is 79.9. The standard InChI is InChI=1S/C16H15BrF3N3O.C8H7BrClNO.C8H9F3N2/c1-9-4-5-10(6-11(9)17)12-8-15(2,24-22-12)14-7-13(16(18,19)20)21-23(14)3;1-5-2-3-6(4-7(5)9)8(10)11-12;1-5-4-7(13(3)12-5)6(2)8(9,10)11/h4-7H,8H2,1-3H3;2-4,12H,1H3;4H,2H2,1,3H3/b;11-8-;. The number of aromatic nitrogens is 4. The Bertz CT molecular complexity index is 1900. The van der Waals surface area contributed by atoms with E-state index in [0.29, 0.717) is 29.1 Å². The smallest absolute Gasteiger partial charge is 0.410 e. The molecule has 17 heteroatoms. The van der Waals surface area contributed by atoms with Crippen LogP contribution >= 0.6 is 43.5 Å². The third-order valence-corrected chi connectivity index (χ3v) is 9.23. The van der Waals surface area contributed by atoms with Crippen LogP contribution in [-0.2, 0) is 30.7 Å². The number of nitrogens with zero attached hydrogens (tertiary/aromatic N) is 6. The van der Waals surface area contributed by atoms with E-state index in [1.165, 1.54) is 29.5 Å². The predicted octanol–water partition coefficient (Wildman–Crippen LogP) is 9.99. The van der Waals surface area contributed by atoms with Gasteiger partial charge in [-0.15, -0.1) is 0 Å². The summed E-state index contributed by atoms with van der Waals surface area (Å²) in [6.45, 7) is 10.3. The Balaban J connectivity index is 0.000000220. The van der Waals surface area contributed by atoms with Crippen LogP contribution in [0.3, 0.4) is 0 Å². The molecule has 0 saturated carbocycles. The minimum absolute atomic E-state index is 0.00463. The number of hydrogen-bond donors (Lipinski definition) is 1. The maximum Gasteiger partial charge on any atom is 0.435 e. The molecule has 8 nitrogen and oxygen atoms in total. The maximum absolute atomic E-state index is 12.9. The van der Waals surface area contributed by atoms with Gasteiger partial charge in [0.15, 0.2) is 16.5 Å². The SMILES string of the molecule is C=C(c1cc(C)nn1C)C(F)(F)F.Cc1ccc(/C(Cl)=N/O)cc1Br.Cc1ccc(C2=NOC(C)(c3cc(C(F)(F)F)nn3C)C2)cc1Br. The summed E-state index contributed by atoms with van der Waals surface area (Å²) in [5, 5.41) is 22.8. The van der Waals surface area contributed by atoms with E-state index >= 15 is 0 Å². The van der Waals surface area contributed by atoms with Crippen molar-refractivity contribution in [1.82, 2.24) is 19.6 Å². The quantitative estimate of drug-likeness (QED) is 0.0960. The van der Waals surface area contributed by atoms with E-state index in [2.05, 4.69) is 58.9 Å². The van der Waals surface area contributed by atoms with Crippen molar-refractivity contribution in [2.24, 2.45) is 24.4 Å². The minimum Gasteiger partial charge on any atom is -0.410 e. The van der Waals surface area contributed by atoms with Gasteiger partial charge >= 0.3 is 12.4 Å². The Kier molecular flexibility index (Phi) is 12.6. The number of hydrogen-bond acceptors (Lipinski definition) is 6. The molecule has 1 unspecified atom stereocenters. The first kappa shape index (κ1) is 39.8. The van der Waals surface area contributed by atoms with E-state index in [4.69, 9.17) is 21.6 Å². The molecule has 2 aromatic carbocycles. The Morgan fingerprint density at radius 1 is 0.939 bits per heavy atom. The molecule has 2 aromatic heterocycles. The van der Waals surface area contributed by atoms with Crippen molar-refractivity contribution in [3.63, 3.8) is 0 Å². The number of halogens is 9. The van der Waals surface area contributed by atoms with Gasteiger partial charge in [0.1, 0.15) is 0 Å². The highest BCUT2D eigenvalue weighted by Crippen LogP contribution is 2.39. The van der Waals surface area contributed by atoms with Crippen LogP contribution in [0.2, 0.25) is 0 Å². The first-order chi connectivity index (χ1) is 22.6. The molecule has 264 valence electrons. The largest absolute Gasteiger partial charge is 0.435 e. The second-order valence-electron chi connectivity index (χ2n) is 11.2. The monoisotopic (exact) mass is 838 g/mol. The summed E-state index contributed by atoms with van der Waals surface area (Å²) >= 11 is 12.4. The molecular weight excluding hydrogens is 810 g/mol.